The summed E-state index contributed by atoms with van der Waals surface area (Å²) in [4.78, 5) is 16.6. The zero-order valence-electron chi connectivity index (χ0n) is 14.5. The van der Waals surface area contributed by atoms with Gasteiger partial charge in [-0.1, -0.05) is 0 Å². The zero-order valence-corrected chi connectivity index (χ0v) is 15.3. The fourth-order valence-corrected chi connectivity index (χ4v) is 3.91. The van der Waals surface area contributed by atoms with Crippen molar-refractivity contribution in [2.24, 2.45) is 0 Å². The van der Waals surface area contributed by atoms with Crippen LogP contribution in [0.5, 0.6) is 0 Å². The van der Waals surface area contributed by atoms with Crippen molar-refractivity contribution in [2.75, 3.05) is 19.3 Å². The molecule has 0 saturated heterocycles. The van der Waals surface area contributed by atoms with E-state index in [4.69, 9.17) is 0 Å². The number of nitrogens with one attached hydrogen (secondary N) is 1. The van der Waals surface area contributed by atoms with Crippen LogP contribution in [0.2, 0.25) is 0 Å². The normalized spacial score (nSPS) is 15.6. The largest absolute Gasteiger partial charge is 0.349 e. The van der Waals surface area contributed by atoms with Gasteiger partial charge in [-0.2, -0.15) is 4.31 Å². The Morgan fingerprint density at radius 3 is 2.80 bits per heavy atom. The number of hydrogen-bond acceptors (Lipinski definition) is 4. The van der Waals surface area contributed by atoms with Gasteiger partial charge in [0.05, 0.1) is 12.8 Å². The number of rotatable bonds is 5. The quantitative estimate of drug-likeness (QED) is 0.840. The maximum atomic E-state index is 12.5. The van der Waals surface area contributed by atoms with Gasteiger partial charge >= 0.3 is 0 Å². The van der Waals surface area contributed by atoms with Gasteiger partial charge in [0.15, 0.2) is 0 Å². The Morgan fingerprint density at radius 1 is 1.32 bits per heavy atom. The number of amides is 1. The van der Waals surface area contributed by atoms with Crippen molar-refractivity contribution < 1.29 is 13.2 Å². The highest BCUT2D eigenvalue weighted by Gasteiger charge is 2.24. The molecule has 0 spiro atoms. The number of carbonyl (C=O) groups is 1. The summed E-state index contributed by atoms with van der Waals surface area (Å²) in [5.41, 5.74) is 1.42. The molecule has 1 aliphatic rings. The number of nitrogens with zero attached hydrogens (tertiary/aromatic N) is 4. The highest BCUT2D eigenvalue weighted by molar-refractivity contribution is 7.88. The summed E-state index contributed by atoms with van der Waals surface area (Å²) in [5.74, 6) is 0.767. The molecule has 0 aromatic carbocycles. The summed E-state index contributed by atoms with van der Waals surface area (Å²) < 4.78 is 29.0. The summed E-state index contributed by atoms with van der Waals surface area (Å²) in [6.07, 6.45) is 5.52. The number of carbonyl (C=O) groups excluding carboxylic acids is 1. The zero-order chi connectivity index (χ0) is 18.0. The van der Waals surface area contributed by atoms with E-state index in [2.05, 4.69) is 10.3 Å². The molecule has 1 N–H and O–H groups in total. The van der Waals surface area contributed by atoms with Crippen LogP contribution >= 0.6 is 0 Å². The molecule has 0 radical (unpaired) electrons. The molecule has 1 amide bonds. The molecule has 0 fully saturated rings. The molecule has 0 aliphatic carbocycles. The molecule has 0 unspecified atom stereocenters. The molecule has 1 aliphatic heterocycles. The fraction of sp³-hybridized carbons (Fsp3) is 0.500. The lowest BCUT2D eigenvalue weighted by Crippen LogP contribution is -2.30. The van der Waals surface area contributed by atoms with Crippen molar-refractivity contribution in [3.8, 4) is 0 Å². The summed E-state index contributed by atoms with van der Waals surface area (Å²) in [6, 6.07) is 3.59. The van der Waals surface area contributed by atoms with Gasteiger partial charge in [0.25, 0.3) is 5.91 Å². The average Bonchev–Trinajstić information content (AvgIpc) is 3.06. The Morgan fingerprint density at radius 2 is 2.12 bits per heavy atom. The molecule has 2 aromatic heterocycles. The van der Waals surface area contributed by atoms with Gasteiger partial charge in [-0.3, -0.25) is 4.79 Å². The Bertz CT molecular complexity index is 868. The molecule has 136 valence electrons. The van der Waals surface area contributed by atoms with E-state index >= 15 is 0 Å². The van der Waals surface area contributed by atoms with E-state index < -0.39 is 10.0 Å². The fourth-order valence-electron chi connectivity index (χ4n) is 3.08. The van der Waals surface area contributed by atoms with Gasteiger partial charge in [0, 0.05) is 44.3 Å². The van der Waals surface area contributed by atoms with Crippen molar-refractivity contribution in [2.45, 2.75) is 33.0 Å². The molecule has 9 heteroatoms. The summed E-state index contributed by atoms with van der Waals surface area (Å²) in [5, 5.41) is 2.92. The Hall–Kier alpha value is -2.13. The van der Waals surface area contributed by atoms with E-state index in [-0.39, 0.29) is 5.91 Å². The number of hydrogen-bond donors (Lipinski definition) is 1. The first-order valence-corrected chi connectivity index (χ1v) is 10.1. The predicted octanol–water partition coefficient (Wildman–Crippen LogP) is 0.588. The Kier molecular flexibility index (Phi) is 4.96. The van der Waals surface area contributed by atoms with Crippen molar-refractivity contribution >= 4 is 15.9 Å². The first-order chi connectivity index (χ1) is 11.9. The van der Waals surface area contributed by atoms with E-state index in [1.807, 2.05) is 28.3 Å². The molecule has 8 nitrogen and oxygen atoms in total. The maximum absolute atomic E-state index is 12.5. The number of imidazole rings is 1. The first kappa shape index (κ1) is 17.7. The van der Waals surface area contributed by atoms with E-state index in [1.165, 1.54) is 10.6 Å². The smallest absolute Gasteiger partial charge is 0.267 e. The topological polar surface area (TPSA) is 89.2 Å². The third-order valence-corrected chi connectivity index (χ3v) is 5.71. The molecule has 3 heterocycles. The van der Waals surface area contributed by atoms with Crippen LogP contribution in [0.4, 0.5) is 0 Å². The molecular weight excluding hydrogens is 342 g/mol. The number of aromatic nitrogens is 3. The minimum Gasteiger partial charge on any atom is -0.349 e. The van der Waals surface area contributed by atoms with E-state index in [1.54, 1.807) is 12.3 Å². The third kappa shape index (κ3) is 3.93. The monoisotopic (exact) mass is 365 g/mol. The lowest BCUT2D eigenvalue weighted by atomic mass is 10.3. The summed E-state index contributed by atoms with van der Waals surface area (Å²) in [6.45, 7) is 4.50. The van der Waals surface area contributed by atoms with Crippen LogP contribution in [0, 0.1) is 6.92 Å². The van der Waals surface area contributed by atoms with Gasteiger partial charge in [-0.25, -0.2) is 13.4 Å². The lowest BCUT2D eigenvalue weighted by Gasteiger charge is -2.16. The maximum Gasteiger partial charge on any atom is 0.267 e. The van der Waals surface area contributed by atoms with Crippen LogP contribution in [0.3, 0.4) is 0 Å². The number of sulfonamides is 1. The van der Waals surface area contributed by atoms with Gasteiger partial charge in [0.2, 0.25) is 10.0 Å². The number of fused-ring (bicyclic) bond motifs is 1. The molecule has 0 bridgehead atoms. The van der Waals surface area contributed by atoms with Crippen LogP contribution in [0.25, 0.3) is 0 Å². The number of aryl methyl sites for hydroxylation is 1. The predicted molar refractivity (Wildman–Crippen MR) is 93.6 cm³/mol. The van der Waals surface area contributed by atoms with E-state index in [0.29, 0.717) is 44.8 Å². The molecule has 25 heavy (non-hydrogen) atoms. The van der Waals surface area contributed by atoms with Crippen molar-refractivity contribution in [1.82, 2.24) is 23.7 Å². The van der Waals surface area contributed by atoms with Crippen molar-refractivity contribution in [3.05, 3.63) is 41.7 Å². The second-order valence-electron chi connectivity index (χ2n) is 6.24. The molecule has 0 atom stereocenters. The second kappa shape index (κ2) is 7.01. The standard InChI is InChI=1S/C16H23N5O3S/c1-13-17-6-10-19(13)11-7-18-16(22)15-5-4-14-12-20(25(2,23)24)8-3-9-21(14)15/h4-6,10H,3,7-9,11-12H2,1-2H3,(H,18,22). The van der Waals surface area contributed by atoms with Crippen molar-refractivity contribution in [1.29, 1.82) is 0 Å². The highest BCUT2D eigenvalue weighted by atomic mass is 32.2. The minimum atomic E-state index is -3.24. The van der Waals surface area contributed by atoms with Crippen LogP contribution < -0.4 is 5.32 Å². The van der Waals surface area contributed by atoms with Crippen LogP contribution in [-0.2, 0) is 29.7 Å². The second-order valence-corrected chi connectivity index (χ2v) is 8.22. The molecule has 3 rings (SSSR count). The van der Waals surface area contributed by atoms with Crippen LogP contribution in [0.15, 0.2) is 24.5 Å². The molecule has 2 aromatic rings. The van der Waals surface area contributed by atoms with Crippen molar-refractivity contribution in [3.63, 3.8) is 0 Å². The van der Waals surface area contributed by atoms with E-state index in [0.717, 1.165) is 11.5 Å². The SMILES string of the molecule is Cc1nccn1CCNC(=O)c1ccc2n1CCCN(S(C)(=O)=O)C2. The molecular formula is C16H23N5O3S. The summed E-state index contributed by atoms with van der Waals surface area (Å²) >= 11 is 0. The van der Waals surface area contributed by atoms with Gasteiger partial charge in [0.1, 0.15) is 11.5 Å². The van der Waals surface area contributed by atoms with Crippen LogP contribution in [0.1, 0.15) is 28.4 Å². The molecule has 0 saturated carbocycles. The van der Waals surface area contributed by atoms with Gasteiger partial charge in [-0.05, 0) is 25.5 Å². The van der Waals surface area contributed by atoms with Crippen LogP contribution in [-0.4, -0.2) is 52.1 Å². The minimum absolute atomic E-state index is 0.142. The summed E-state index contributed by atoms with van der Waals surface area (Å²) in [7, 11) is -3.24. The third-order valence-electron chi connectivity index (χ3n) is 4.46. The first-order valence-electron chi connectivity index (χ1n) is 8.26. The Labute approximate surface area is 147 Å². The van der Waals surface area contributed by atoms with Gasteiger partial charge in [-0.15, -0.1) is 0 Å². The van der Waals surface area contributed by atoms with Gasteiger partial charge < -0.3 is 14.5 Å². The average molecular weight is 365 g/mol. The Balaban J connectivity index is 1.67. The van der Waals surface area contributed by atoms with E-state index in [9.17, 15) is 13.2 Å². The highest BCUT2D eigenvalue weighted by Crippen LogP contribution is 2.18. The lowest BCUT2D eigenvalue weighted by molar-refractivity contribution is 0.0942.